The third-order valence-corrected chi connectivity index (χ3v) is 7.47. The quantitative estimate of drug-likeness (QED) is 0.596. The number of benzene rings is 1. The van der Waals surface area contributed by atoms with Crippen molar-refractivity contribution in [3.05, 3.63) is 41.0 Å². The molecule has 0 unspecified atom stereocenters. The molecule has 170 valence electrons. The summed E-state index contributed by atoms with van der Waals surface area (Å²) >= 11 is 6.29. The van der Waals surface area contributed by atoms with Crippen LogP contribution in [0.25, 0.3) is 0 Å². The number of carbonyl (C=O) groups excluding carboxylic acids is 1. The van der Waals surface area contributed by atoms with Crippen LogP contribution in [0.2, 0.25) is 5.02 Å². The number of aromatic nitrogens is 2. The lowest BCUT2D eigenvalue weighted by Gasteiger charge is -2.35. The van der Waals surface area contributed by atoms with Crippen molar-refractivity contribution in [2.24, 2.45) is 7.05 Å². The van der Waals surface area contributed by atoms with Gasteiger partial charge in [0.05, 0.1) is 16.3 Å². The first-order valence-corrected chi connectivity index (χ1v) is 12.4. The summed E-state index contributed by atoms with van der Waals surface area (Å²) in [4.78, 5) is 16.9. The van der Waals surface area contributed by atoms with E-state index in [0.29, 0.717) is 44.3 Å². The Morgan fingerprint density at radius 3 is 2.29 bits per heavy atom. The molecular weight excluding hydrogens is 438 g/mol. The zero-order valence-electron chi connectivity index (χ0n) is 18.3. The van der Waals surface area contributed by atoms with Gasteiger partial charge in [-0.3, -0.25) is 9.48 Å². The molecule has 1 saturated heterocycles. The van der Waals surface area contributed by atoms with Crippen LogP contribution in [0.15, 0.2) is 35.5 Å². The molecule has 10 heteroatoms. The highest BCUT2D eigenvalue weighted by Crippen LogP contribution is 2.28. The summed E-state index contributed by atoms with van der Waals surface area (Å²) in [5.74, 6) is -0.287. The van der Waals surface area contributed by atoms with Gasteiger partial charge >= 0.3 is 0 Å². The van der Waals surface area contributed by atoms with Crippen LogP contribution >= 0.6 is 11.6 Å². The average molecular weight is 468 g/mol. The molecule has 1 aliphatic heterocycles. The van der Waals surface area contributed by atoms with Gasteiger partial charge in [0.25, 0.3) is 15.9 Å². The molecule has 1 aliphatic rings. The van der Waals surface area contributed by atoms with Gasteiger partial charge in [0, 0.05) is 52.5 Å². The predicted octanol–water partition coefficient (Wildman–Crippen LogP) is 2.85. The Labute approximate surface area is 189 Å². The lowest BCUT2D eigenvalue weighted by atomic mass is 10.2. The van der Waals surface area contributed by atoms with E-state index in [0.717, 1.165) is 18.5 Å². The lowest BCUT2D eigenvalue weighted by molar-refractivity contribution is 0.0751. The van der Waals surface area contributed by atoms with Crippen LogP contribution in [-0.4, -0.2) is 72.6 Å². The van der Waals surface area contributed by atoms with Crippen molar-refractivity contribution in [3.63, 3.8) is 0 Å². The first-order valence-electron chi connectivity index (χ1n) is 10.6. The second kappa shape index (κ2) is 10.0. The van der Waals surface area contributed by atoms with Gasteiger partial charge in [-0.15, -0.1) is 0 Å². The second-order valence-corrected chi connectivity index (χ2v) is 9.92. The molecule has 1 fully saturated rings. The second-order valence-electron chi connectivity index (χ2n) is 7.66. The number of hydrogen-bond donors (Lipinski definition) is 0. The van der Waals surface area contributed by atoms with Crippen LogP contribution in [0.5, 0.6) is 0 Å². The minimum Gasteiger partial charge on any atom is -0.368 e. The molecule has 8 nitrogen and oxygen atoms in total. The summed E-state index contributed by atoms with van der Waals surface area (Å²) in [7, 11) is -2.27. The first kappa shape index (κ1) is 23.6. The van der Waals surface area contributed by atoms with E-state index in [1.54, 1.807) is 11.9 Å². The third kappa shape index (κ3) is 5.05. The van der Waals surface area contributed by atoms with E-state index >= 15 is 0 Å². The van der Waals surface area contributed by atoms with Gasteiger partial charge in [-0.2, -0.15) is 9.40 Å². The zero-order valence-corrected chi connectivity index (χ0v) is 19.9. The van der Waals surface area contributed by atoms with Gasteiger partial charge in [-0.05, 0) is 25.0 Å². The van der Waals surface area contributed by atoms with E-state index < -0.39 is 10.0 Å². The number of sulfonamides is 1. The van der Waals surface area contributed by atoms with Crippen molar-refractivity contribution in [2.75, 3.05) is 44.2 Å². The molecule has 0 radical (unpaired) electrons. The Balaban J connectivity index is 1.82. The smallest absolute Gasteiger partial charge is 0.263 e. The summed E-state index contributed by atoms with van der Waals surface area (Å²) in [6.07, 6.45) is 3.11. The Kier molecular flexibility index (Phi) is 7.61. The number of carbonyl (C=O) groups is 1. The monoisotopic (exact) mass is 467 g/mol. The van der Waals surface area contributed by atoms with E-state index in [-0.39, 0.29) is 16.5 Å². The molecule has 0 aliphatic carbocycles. The lowest BCUT2D eigenvalue weighted by Crippen LogP contribution is -2.49. The normalized spacial score (nSPS) is 15.3. The number of rotatable bonds is 8. The molecule has 0 saturated carbocycles. The van der Waals surface area contributed by atoms with Crippen molar-refractivity contribution >= 4 is 33.2 Å². The topological polar surface area (TPSA) is 78.8 Å². The van der Waals surface area contributed by atoms with Crippen LogP contribution in [0.1, 0.15) is 37.0 Å². The largest absolute Gasteiger partial charge is 0.368 e. The molecular formula is C21H30ClN5O3S. The van der Waals surface area contributed by atoms with Gasteiger partial charge in [0.1, 0.15) is 0 Å². The summed E-state index contributed by atoms with van der Waals surface area (Å²) in [6, 6.07) is 7.53. The van der Waals surface area contributed by atoms with Crippen molar-refractivity contribution in [2.45, 2.75) is 31.7 Å². The molecule has 0 spiro atoms. The number of halogens is 1. The maximum Gasteiger partial charge on any atom is 0.263 e. The van der Waals surface area contributed by atoms with Gasteiger partial charge in [0.15, 0.2) is 0 Å². The van der Waals surface area contributed by atoms with Crippen molar-refractivity contribution in [1.82, 2.24) is 19.0 Å². The molecule has 2 aromatic rings. The fourth-order valence-corrected chi connectivity index (χ4v) is 5.62. The van der Waals surface area contributed by atoms with Gasteiger partial charge < -0.3 is 9.80 Å². The highest BCUT2D eigenvalue weighted by molar-refractivity contribution is 7.89. The minimum absolute atomic E-state index is 0.137. The molecule has 1 aromatic heterocycles. The molecule has 1 aromatic carbocycles. The van der Waals surface area contributed by atoms with E-state index in [4.69, 9.17) is 11.6 Å². The number of piperazine rings is 1. The number of anilines is 1. The van der Waals surface area contributed by atoms with Gasteiger partial charge in [-0.25, -0.2) is 8.42 Å². The first-order chi connectivity index (χ1) is 14.8. The third-order valence-electron chi connectivity index (χ3n) is 5.32. The molecule has 1 amide bonds. The fraction of sp³-hybridized carbons (Fsp3) is 0.524. The highest BCUT2D eigenvalue weighted by Gasteiger charge is 2.35. The van der Waals surface area contributed by atoms with Crippen LogP contribution in [0.3, 0.4) is 0 Å². The number of amides is 1. The van der Waals surface area contributed by atoms with Crippen LogP contribution in [-0.2, 0) is 17.1 Å². The number of hydrogen-bond acceptors (Lipinski definition) is 5. The minimum atomic E-state index is -3.90. The Hall–Kier alpha value is -2.10. The van der Waals surface area contributed by atoms with E-state index in [1.807, 2.05) is 38.1 Å². The number of aryl methyl sites for hydroxylation is 1. The van der Waals surface area contributed by atoms with Crippen molar-refractivity contribution in [3.8, 4) is 0 Å². The fourth-order valence-electron chi connectivity index (χ4n) is 3.83. The standard InChI is InChI=1S/C21H30ClN5O3S/c1-4-10-26(11-5-2)21(28)17-16-24(3)23-20(17)31(29,30)27-14-12-25(13-15-27)19-9-7-6-8-18(19)22/h6-9,16H,4-5,10-15H2,1-3H3. The Bertz CT molecular complexity index is 1010. The van der Waals surface area contributed by atoms with Crippen molar-refractivity contribution < 1.29 is 13.2 Å². The Morgan fingerprint density at radius 1 is 1.10 bits per heavy atom. The average Bonchev–Trinajstić information content (AvgIpc) is 3.16. The maximum atomic E-state index is 13.4. The van der Waals surface area contributed by atoms with Crippen LogP contribution < -0.4 is 4.90 Å². The van der Waals surface area contributed by atoms with Crippen molar-refractivity contribution in [1.29, 1.82) is 0 Å². The zero-order chi connectivity index (χ0) is 22.6. The number of nitrogens with zero attached hydrogens (tertiary/aromatic N) is 5. The molecule has 2 heterocycles. The molecule has 0 N–H and O–H groups in total. The maximum absolute atomic E-state index is 13.4. The summed E-state index contributed by atoms with van der Waals surface area (Å²) in [6.45, 7) is 6.77. The summed E-state index contributed by atoms with van der Waals surface area (Å²) in [5.41, 5.74) is 1.03. The number of para-hydroxylation sites is 1. The predicted molar refractivity (Wildman–Crippen MR) is 122 cm³/mol. The summed E-state index contributed by atoms with van der Waals surface area (Å²) < 4.78 is 29.6. The summed E-state index contributed by atoms with van der Waals surface area (Å²) in [5, 5.41) is 4.66. The van der Waals surface area contributed by atoms with Crippen LogP contribution in [0, 0.1) is 0 Å². The van der Waals surface area contributed by atoms with Gasteiger partial charge in [0.2, 0.25) is 5.03 Å². The molecule has 0 atom stereocenters. The highest BCUT2D eigenvalue weighted by atomic mass is 35.5. The van der Waals surface area contributed by atoms with Crippen LogP contribution in [0.4, 0.5) is 5.69 Å². The molecule has 0 bridgehead atoms. The van der Waals surface area contributed by atoms with Gasteiger partial charge in [-0.1, -0.05) is 37.6 Å². The molecule has 31 heavy (non-hydrogen) atoms. The van der Waals surface area contributed by atoms with E-state index in [1.165, 1.54) is 15.2 Å². The SMILES string of the molecule is CCCN(CCC)C(=O)c1cn(C)nc1S(=O)(=O)N1CCN(c2ccccc2Cl)CC1. The van der Waals surface area contributed by atoms with E-state index in [2.05, 4.69) is 10.00 Å². The van der Waals surface area contributed by atoms with E-state index in [9.17, 15) is 13.2 Å². The molecule has 3 rings (SSSR count). The Morgan fingerprint density at radius 2 is 1.71 bits per heavy atom.